The number of amides is 1. The number of carbonyl (C=O) groups is 1. The molecule has 1 atom stereocenters. The summed E-state index contributed by atoms with van der Waals surface area (Å²) in [6.45, 7) is 0. The maximum absolute atomic E-state index is 12.1. The van der Waals surface area contributed by atoms with Gasteiger partial charge in [-0.15, -0.1) is 11.3 Å². The lowest BCUT2D eigenvalue weighted by atomic mass is 10.3. The Labute approximate surface area is 157 Å². The fourth-order valence-corrected chi connectivity index (χ4v) is 3.19. The highest BCUT2D eigenvalue weighted by Crippen LogP contribution is 2.31. The molecule has 2 rings (SSSR count). The number of primary sulfonamides is 1. The van der Waals surface area contributed by atoms with Gasteiger partial charge in [-0.1, -0.05) is 40.9 Å². The summed E-state index contributed by atoms with van der Waals surface area (Å²) in [6.07, 6.45) is -1.04. The van der Waals surface area contributed by atoms with E-state index in [-0.39, 0.29) is 4.90 Å². The highest BCUT2D eigenvalue weighted by Gasteiger charge is 2.34. The van der Waals surface area contributed by atoms with Crippen LogP contribution in [0.5, 0.6) is 0 Å². The van der Waals surface area contributed by atoms with E-state index in [1.807, 2.05) is 0 Å². The minimum atomic E-state index is -3.80. The molecule has 1 aromatic carbocycles. The Morgan fingerprint density at radius 3 is 2.25 bits per heavy atom. The van der Waals surface area contributed by atoms with Crippen molar-refractivity contribution >= 4 is 67.8 Å². The molecule has 0 bridgehead atoms. The quantitative estimate of drug-likeness (QED) is 0.503. The van der Waals surface area contributed by atoms with Crippen LogP contribution >= 0.6 is 46.1 Å². The Morgan fingerprint density at radius 2 is 1.79 bits per heavy atom. The minimum absolute atomic E-state index is 0.0545. The molecule has 0 aliphatic heterocycles. The van der Waals surface area contributed by atoms with Crippen LogP contribution in [-0.2, 0) is 10.0 Å². The molecule has 130 valence electrons. The Bertz CT molecular complexity index is 803. The van der Waals surface area contributed by atoms with Gasteiger partial charge in [-0.3, -0.25) is 4.79 Å². The molecule has 1 amide bonds. The van der Waals surface area contributed by atoms with E-state index in [1.54, 1.807) is 17.5 Å². The van der Waals surface area contributed by atoms with Gasteiger partial charge < -0.3 is 10.6 Å². The molecule has 6 nitrogen and oxygen atoms in total. The second-order valence-electron chi connectivity index (χ2n) is 4.64. The maximum Gasteiger partial charge on any atom is 0.263 e. The fraction of sp³-hybridized carbons (Fsp3) is 0.154. The van der Waals surface area contributed by atoms with E-state index >= 15 is 0 Å². The van der Waals surface area contributed by atoms with Crippen LogP contribution in [0.2, 0.25) is 0 Å². The first-order valence-electron chi connectivity index (χ1n) is 6.38. The summed E-state index contributed by atoms with van der Waals surface area (Å²) < 4.78 is 20.6. The predicted octanol–water partition coefficient (Wildman–Crippen LogP) is 2.93. The fourth-order valence-electron chi connectivity index (χ4n) is 1.72. The average Bonchev–Trinajstić information content (AvgIpc) is 2.99. The summed E-state index contributed by atoms with van der Waals surface area (Å²) in [4.78, 5) is 12.5. The van der Waals surface area contributed by atoms with Crippen molar-refractivity contribution < 1.29 is 13.2 Å². The number of benzene rings is 1. The van der Waals surface area contributed by atoms with Gasteiger partial charge >= 0.3 is 0 Å². The summed E-state index contributed by atoms with van der Waals surface area (Å²) in [5.41, 5.74) is 0.435. The smallest absolute Gasteiger partial charge is 0.263 e. The lowest BCUT2D eigenvalue weighted by Crippen LogP contribution is -2.48. The number of hydrogen-bond acceptors (Lipinski definition) is 5. The van der Waals surface area contributed by atoms with Crippen LogP contribution in [0.25, 0.3) is 0 Å². The Morgan fingerprint density at radius 1 is 1.17 bits per heavy atom. The Balaban J connectivity index is 2.16. The second kappa shape index (κ2) is 7.47. The third-order valence-electron chi connectivity index (χ3n) is 2.84. The second-order valence-corrected chi connectivity index (χ2v) is 9.52. The summed E-state index contributed by atoms with van der Waals surface area (Å²) in [5, 5.41) is 12.2. The topological polar surface area (TPSA) is 101 Å². The number of halogens is 3. The van der Waals surface area contributed by atoms with Crippen LogP contribution in [-0.4, -0.2) is 24.3 Å². The predicted molar refractivity (Wildman–Crippen MR) is 97.3 cm³/mol. The molecule has 0 saturated carbocycles. The van der Waals surface area contributed by atoms with E-state index in [0.717, 1.165) is 0 Å². The zero-order valence-electron chi connectivity index (χ0n) is 11.9. The van der Waals surface area contributed by atoms with Crippen molar-refractivity contribution in [2.45, 2.75) is 14.9 Å². The highest BCUT2D eigenvalue weighted by molar-refractivity contribution is 7.89. The molecule has 0 fully saturated rings. The third kappa shape index (κ3) is 5.23. The van der Waals surface area contributed by atoms with Gasteiger partial charge in [0.2, 0.25) is 13.8 Å². The molecule has 0 aliphatic carbocycles. The molecule has 0 spiro atoms. The molecule has 1 heterocycles. The van der Waals surface area contributed by atoms with Crippen molar-refractivity contribution in [3.05, 3.63) is 46.7 Å². The van der Waals surface area contributed by atoms with Crippen LogP contribution in [0, 0.1) is 0 Å². The molecule has 0 radical (unpaired) electrons. The van der Waals surface area contributed by atoms with Crippen molar-refractivity contribution in [1.29, 1.82) is 0 Å². The van der Waals surface area contributed by atoms with Crippen molar-refractivity contribution in [3.63, 3.8) is 0 Å². The highest BCUT2D eigenvalue weighted by atomic mass is 35.6. The monoisotopic (exact) mass is 427 g/mol. The number of sulfonamides is 1. The van der Waals surface area contributed by atoms with Gasteiger partial charge in [0.1, 0.15) is 6.17 Å². The van der Waals surface area contributed by atoms with E-state index in [4.69, 9.17) is 39.9 Å². The van der Waals surface area contributed by atoms with Crippen molar-refractivity contribution in [2.24, 2.45) is 5.14 Å². The van der Waals surface area contributed by atoms with Gasteiger partial charge in [0, 0.05) is 5.69 Å². The maximum atomic E-state index is 12.1. The number of nitrogens with one attached hydrogen (secondary N) is 2. The third-order valence-corrected chi connectivity index (χ3v) is 5.29. The van der Waals surface area contributed by atoms with Crippen LogP contribution < -0.4 is 15.8 Å². The van der Waals surface area contributed by atoms with Gasteiger partial charge in [0.25, 0.3) is 5.91 Å². The molecule has 1 aromatic heterocycles. The number of thiophene rings is 1. The molecule has 0 aliphatic rings. The number of rotatable bonds is 5. The van der Waals surface area contributed by atoms with E-state index in [2.05, 4.69) is 10.6 Å². The first kappa shape index (κ1) is 19.3. The van der Waals surface area contributed by atoms with E-state index < -0.39 is 25.9 Å². The van der Waals surface area contributed by atoms with Crippen molar-refractivity contribution in [2.75, 3.05) is 5.32 Å². The first-order valence-corrected chi connectivity index (χ1v) is 9.94. The van der Waals surface area contributed by atoms with E-state index in [9.17, 15) is 13.2 Å². The van der Waals surface area contributed by atoms with Gasteiger partial charge in [0.05, 0.1) is 9.77 Å². The normalized spacial score (nSPS) is 13.3. The minimum Gasteiger partial charge on any atom is -0.362 e. The number of nitrogens with two attached hydrogens (primary N) is 1. The molecular weight excluding hydrogens is 417 g/mol. The van der Waals surface area contributed by atoms with Crippen molar-refractivity contribution in [1.82, 2.24) is 5.32 Å². The lowest BCUT2D eigenvalue weighted by molar-refractivity contribution is 0.0946. The van der Waals surface area contributed by atoms with Gasteiger partial charge in [-0.25, -0.2) is 13.6 Å². The summed E-state index contributed by atoms with van der Waals surface area (Å²) in [6, 6.07) is 8.85. The molecule has 0 unspecified atom stereocenters. The van der Waals surface area contributed by atoms with E-state index in [1.165, 1.54) is 35.6 Å². The van der Waals surface area contributed by atoms with Crippen molar-refractivity contribution in [3.8, 4) is 0 Å². The largest absolute Gasteiger partial charge is 0.362 e. The first-order chi connectivity index (χ1) is 11.1. The average molecular weight is 429 g/mol. The standard InChI is InChI=1S/C13H12Cl3N3O3S2/c14-13(15,16)12(19-11(20)10-2-1-7-23-10)18-8-3-5-9(6-4-8)24(17,21)22/h1-7,12,18H,(H,19,20)(H2,17,21,22)/t12-/m0/s1. The molecular formula is C13H12Cl3N3O3S2. The molecule has 4 N–H and O–H groups in total. The molecule has 0 saturated heterocycles. The van der Waals surface area contributed by atoms with Crippen LogP contribution in [0.4, 0.5) is 5.69 Å². The molecule has 24 heavy (non-hydrogen) atoms. The SMILES string of the molecule is NS(=O)(=O)c1ccc(N[C@@H](NC(=O)c2cccs2)C(Cl)(Cl)Cl)cc1. The number of hydrogen-bond donors (Lipinski definition) is 3. The lowest BCUT2D eigenvalue weighted by Gasteiger charge is -2.27. The number of anilines is 1. The Kier molecular flexibility index (Phi) is 6.00. The van der Waals surface area contributed by atoms with E-state index in [0.29, 0.717) is 10.6 Å². The van der Waals surface area contributed by atoms with Gasteiger partial charge in [-0.05, 0) is 35.7 Å². The Hall–Kier alpha value is -1.03. The molecule has 2 aromatic rings. The zero-order valence-corrected chi connectivity index (χ0v) is 15.8. The summed E-state index contributed by atoms with van der Waals surface area (Å²) >= 11 is 18.9. The zero-order chi connectivity index (χ0) is 18.0. The van der Waals surface area contributed by atoms with Gasteiger partial charge in [-0.2, -0.15) is 0 Å². The van der Waals surface area contributed by atoms with Crippen LogP contribution in [0.1, 0.15) is 9.67 Å². The van der Waals surface area contributed by atoms with Crippen LogP contribution in [0.3, 0.4) is 0 Å². The van der Waals surface area contributed by atoms with Gasteiger partial charge in [0.15, 0.2) is 0 Å². The summed E-state index contributed by atoms with van der Waals surface area (Å²) in [7, 11) is -3.80. The summed E-state index contributed by atoms with van der Waals surface area (Å²) in [5.74, 6) is -0.407. The molecule has 11 heteroatoms. The number of alkyl halides is 3. The number of carbonyl (C=O) groups excluding carboxylic acids is 1. The van der Waals surface area contributed by atoms with Crippen LogP contribution in [0.15, 0.2) is 46.7 Å².